The van der Waals surface area contributed by atoms with Crippen molar-refractivity contribution < 1.29 is 68.7 Å². The molecule has 0 atom stereocenters. The fourth-order valence-corrected chi connectivity index (χ4v) is 1.07. The molecule has 0 aliphatic rings. The topological polar surface area (TPSA) is 23.8 Å². The van der Waals surface area contributed by atoms with Crippen LogP contribution in [-0.2, 0) is 6.32 Å². The molecular formula is C8H5BF4KN. The van der Waals surface area contributed by atoms with E-state index >= 15 is 0 Å². The molecule has 74 valence electrons. The van der Waals surface area contributed by atoms with Crippen LogP contribution >= 0.6 is 0 Å². The third-order valence-corrected chi connectivity index (χ3v) is 1.65. The normalized spacial score (nSPS) is 10.3. The van der Waals surface area contributed by atoms with Gasteiger partial charge in [0.25, 0.3) is 0 Å². The maximum Gasteiger partial charge on any atom is 1.00 e. The van der Waals surface area contributed by atoms with E-state index in [2.05, 4.69) is 0 Å². The van der Waals surface area contributed by atoms with Crippen molar-refractivity contribution in [3.05, 3.63) is 35.1 Å². The molecule has 15 heavy (non-hydrogen) atoms. The van der Waals surface area contributed by atoms with Crippen LogP contribution in [0, 0.1) is 17.1 Å². The van der Waals surface area contributed by atoms with Crippen molar-refractivity contribution >= 4 is 6.98 Å². The third kappa shape index (κ3) is 4.66. The van der Waals surface area contributed by atoms with Crippen LogP contribution in [0.2, 0.25) is 0 Å². The van der Waals surface area contributed by atoms with Gasteiger partial charge in [-0.05, 0) is 11.6 Å². The quantitative estimate of drug-likeness (QED) is 0.512. The van der Waals surface area contributed by atoms with Gasteiger partial charge in [-0.2, -0.15) is 5.26 Å². The zero-order valence-corrected chi connectivity index (χ0v) is 11.1. The van der Waals surface area contributed by atoms with E-state index in [-0.39, 0.29) is 56.9 Å². The maximum absolute atomic E-state index is 13.1. The molecule has 0 unspecified atom stereocenters. The Hall–Kier alpha value is 0.131. The first kappa shape index (κ1) is 15.1. The van der Waals surface area contributed by atoms with E-state index in [9.17, 15) is 17.3 Å². The van der Waals surface area contributed by atoms with Crippen LogP contribution in [0.25, 0.3) is 0 Å². The summed E-state index contributed by atoms with van der Waals surface area (Å²) in [7, 11) is 0. The van der Waals surface area contributed by atoms with Crippen LogP contribution in [0.3, 0.4) is 0 Å². The van der Waals surface area contributed by atoms with E-state index in [1.54, 1.807) is 0 Å². The SMILES string of the molecule is N#Cc1cccc(C[B-](F)(F)F)c1F.[K+]. The van der Waals surface area contributed by atoms with Crippen molar-refractivity contribution in [3.8, 4) is 6.07 Å². The van der Waals surface area contributed by atoms with Crippen molar-refractivity contribution in [2.24, 2.45) is 0 Å². The Labute approximate surface area is 127 Å². The summed E-state index contributed by atoms with van der Waals surface area (Å²) in [5.74, 6) is -1.07. The number of rotatable bonds is 2. The summed E-state index contributed by atoms with van der Waals surface area (Å²) in [4.78, 5) is 0. The number of nitriles is 1. The number of hydrogen-bond donors (Lipinski definition) is 0. The molecule has 1 nitrogen and oxygen atoms in total. The molecule has 1 aromatic carbocycles. The summed E-state index contributed by atoms with van der Waals surface area (Å²) in [6.45, 7) is -5.07. The number of hydrogen-bond acceptors (Lipinski definition) is 1. The number of halogens is 4. The first-order chi connectivity index (χ1) is 6.44. The van der Waals surface area contributed by atoms with E-state index < -0.39 is 24.7 Å². The molecule has 0 N–H and O–H groups in total. The van der Waals surface area contributed by atoms with Crippen molar-refractivity contribution in [1.82, 2.24) is 0 Å². The molecule has 0 fully saturated rings. The minimum absolute atomic E-state index is 0. The van der Waals surface area contributed by atoms with Gasteiger partial charge in [-0.25, -0.2) is 4.39 Å². The predicted octanol–water partition coefficient (Wildman–Crippen LogP) is -0.370. The van der Waals surface area contributed by atoms with E-state index in [0.29, 0.717) is 0 Å². The van der Waals surface area contributed by atoms with Crippen molar-refractivity contribution in [1.29, 1.82) is 5.26 Å². The van der Waals surface area contributed by atoms with Gasteiger partial charge >= 0.3 is 58.4 Å². The fraction of sp³-hybridized carbons (Fsp3) is 0.125. The zero-order valence-electron chi connectivity index (χ0n) is 7.98. The third-order valence-electron chi connectivity index (χ3n) is 1.65. The molecule has 0 saturated carbocycles. The largest absolute Gasteiger partial charge is 1.00 e. The molecule has 0 saturated heterocycles. The monoisotopic (exact) mass is 241 g/mol. The van der Waals surface area contributed by atoms with Gasteiger partial charge in [-0.3, -0.25) is 0 Å². The molecule has 0 aromatic heterocycles. The Morgan fingerprint density at radius 2 is 1.87 bits per heavy atom. The smallest absolute Gasteiger partial charge is 0.449 e. The molecule has 0 heterocycles. The van der Waals surface area contributed by atoms with Gasteiger partial charge in [0, 0.05) is 0 Å². The van der Waals surface area contributed by atoms with E-state index in [1.807, 2.05) is 0 Å². The Bertz CT molecular complexity index is 385. The van der Waals surface area contributed by atoms with Gasteiger partial charge in [0.1, 0.15) is 11.9 Å². The van der Waals surface area contributed by atoms with Gasteiger partial charge < -0.3 is 12.9 Å². The summed E-state index contributed by atoms with van der Waals surface area (Å²) in [5.41, 5.74) is -0.834. The molecule has 0 radical (unpaired) electrons. The van der Waals surface area contributed by atoms with Crippen LogP contribution in [0.4, 0.5) is 17.3 Å². The molecule has 0 amide bonds. The molecular weight excluding hydrogens is 236 g/mol. The van der Waals surface area contributed by atoms with E-state index in [4.69, 9.17) is 5.26 Å². The molecule has 1 rings (SSSR count). The zero-order chi connectivity index (χ0) is 10.8. The Morgan fingerprint density at radius 3 is 2.33 bits per heavy atom. The average molecular weight is 241 g/mol. The fourth-order valence-electron chi connectivity index (χ4n) is 1.07. The summed E-state index contributed by atoms with van der Waals surface area (Å²) in [6.07, 6.45) is -1.29. The predicted molar refractivity (Wildman–Crippen MR) is 43.9 cm³/mol. The molecule has 1 aromatic rings. The minimum Gasteiger partial charge on any atom is -0.449 e. The number of benzene rings is 1. The van der Waals surface area contributed by atoms with Crippen LogP contribution in [-0.4, -0.2) is 6.98 Å². The number of nitrogens with zero attached hydrogens (tertiary/aromatic N) is 1. The Balaban J connectivity index is 0.00000196. The van der Waals surface area contributed by atoms with Crippen LogP contribution < -0.4 is 51.4 Å². The van der Waals surface area contributed by atoms with Crippen LogP contribution in [0.1, 0.15) is 11.1 Å². The second kappa shape index (κ2) is 6.01. The molecule has 7 heteroatoms. The molecule has 0 bridgehead atoms. The second-order valence-electron chi connectivity index (χ2n) is 2.80. The Kier molecular flexibility index (Phi) is 6.07. The summed E-state index contributed by atoms with van der Waals surface area (Å²) < 4.78 is 49.0. The minimum atomic E-state index is -5.07. The average Bonchev–Trinajstić information content (AvgIpc) is 2.06. The summed E-state index contributed by atoms with van der Waals surface area (Å²) in [6, 6.07) is 4.90. The Morgan fingerprint density at radius 1 is 1.27 bits per heavy atom. The first-order valence-electron chi connectivity index (χ1n) is 3.82. The maximum atomic E-state index is 13.1. The van der Waals surface area contributed by atoms with Crippen molar-refractivity contribution in [3.63, 3.8) is 0 Å². The summed E-state index contributed by atoms with van der Waals surface area (Å²) in [5, 5.41) is 8.38. The van der Waals surface area contributed by atoms with Gasteiger partial charge in [0.2, 0.25) is 0 Å². The van der Waals surface area contributed by atoms with Gasteiger partial charge in [0.15, 0.2) is 0 Å². The van der Waals surface area contributed by atoms with Gasteiger partial charge in [-0.1, -0.05) is 18.5 Å². The molecule has 0 aliphatic heterocycles. The van der Waals surface area contributed by atoms with Crippen LogP contribution in [0.15, 0.2) is 18.2 Å². The molecule has 0 aliphatic carbocycles. The van der Waals surface area contributed by atoms with Crippen LogP contribution in [0.5, 0.6) is 0 Å². The van der Waals surface area contributed by atoms with E-state index in [1.165, 1.54) is 12.1 Å². The van der Waals surface area contributed by atoms with Gasteiger partial charge in [-0.15, -0.1) is 0 Å². The molecule has 0 spiro atoms. The van der Waals surface area contributed by atoms with Gasteiger partial charge in [0.05, 0.1) is 5.56 Å². The van der Waals surface area contributed by atoms with Crippen molar-refractivity contribution in [2.45, 2.75) is 6.32 Å². The van der Waals surface area contributed by atoms with E-state index in [0.717, 1.165) is 12.1 Å². The summed E-state index contributed by atoms with van der Waals surface area (Å²) >= 11 is 0. The first-order valence-corrected chi connectivity index (χ1v) is 3.82. The van der Waals surface area contributed by atoms with Crippen molar-refractivity contribution in [2.75, 3.05) is 0 Å². The standard InChI is InChI=1S/C8H5BF4N.K/c10-8-6(4-9(11,12)13)2-1-3-7(8)5-14;/h1-3H,4H2;/q-1;+1. The second-order valence-corrected chi connectivity index (χ2v) is 2.80.